The van der Waals surface area contributed by atoms with E-state index in [0.29, 0.717) is 35.8 Å². The first-order valence-electron chi connectivity index (χ1n) is 16.1. The molecule has 4 aliphatic heterocycles. The Morgan fingerprint density at radius 3 is 2.50 bits per heavy atom. The molecule has 6 nitrogen and oxygen atoms in total. The summed E-state index contributed by atoms with van der Waals surface area (Å²) in [6.45, 7) is 15.2. The standard InChI is InChI=1S/C35H48FN5O/c1-6-11-30(42-23-35-16-9-18-41(35)19-10-17-35)39-33(40-21-25-14-15-26(22-40)38-25)28-20-37-32(31(36)24(28)2)27-12-7-8-13-29(27)34(3,4)5/h7-8,11-13,20,25-26,38H,6,9-10,14-19,21-23H2,1-5H3/b30-11-,39-33+. The molecule has 0 spiro atoms. The van der Waals surface area contributed by atoms with E-state index in [-0.39, 0.29) is 16.8 Å². The number of halogens is 1. The number of likely N-dealkylation sites (tertiary alicyclic amines) is 1. The number of hydrogen-bond acceptors (Lipinski definition) is 5. The third kappa shape index (κ3) is 5.62. The summed E-state index contributed by atoms with van der Waals surface area (Å²) in [4.78, 5) is 15.0. The van der Waals surface area contributed by atoms with E-state index >= 15 is 4.39 Å². The van der Waals surface area contributed by atoms with Gasteiger partial charge in [0.2, 0.25) is 5.88 Å². The van der Waals surface area contributed by atoms with Crippen LogP contribution < -0.4 is 5.32 Å². The Morgan fingerprint density at radius 1 is 1.14 bits per heavy atom. The molecule has 2 aromatic rings. The van der Waals surface area contributed by atoms with Crippen molar-refractivity contribution in [3.05, 3.63) is 64.9 Å². The smallest absolute Gasteiger partial charge is 0.211 e. The van der Waals surface area contributed by atoms with E-state index in [9.17, 15) is 0 Å². The van der Waals surface area contributed by atoms with Gasteiger partial charge in [0.15, 0.2) is 5.82 Å². The van der Waals surface area contributed by atoms with Gasteiger partial charge in [-0.05, 0) is 87.6 Å². The fourth-order valence-corrected chi connectivity index (χ4v) is 7.69. The van der Waals surface area contributed by atoms with Crippen molar-refractivity contribution in [2.24, 2.45) is 4.99 Å². The Morgan fingerprint density at radius 2 is 1.83 bits per heavy atom. The van der Waals surface area contributed by atoms with Crippen LogP contribution in [0.1, 0.15) is 89.3 Å². The van der Waals surface area contributed by atoms with Crippen LogP contribution in [0.25, 0.3) is 11.3 Å². The molecule has 7 heteroatoms. The summed E-state index contributed by atoms with van der Waals surface area (Å²) in [6, 6.07) is 8.90. The van der Waals surface area contributed by atoms with E-state index in [1.165, 1.54) is 38.8 Å². The molecule has 0 radical (unpaired) electrons. The monoisotopic (exact) mass is 573 g/mol. The summed E-state index contributed by atoms with van der Waals surface area (Å²) in [5.41, 5.74) is 3.69. The molecule has 2 bridgehead atoms. The van der Waals surface area contributed by atoms with Crippen LogP contribution in [0.5, 0.6) is 0 Å². The quantitative estimate of drug-likeness (QED) is 0.231. The van der Waals surface area contributed by atoms with Gasteiger partial charge in [0.05, 0.1) is 5.54 Å². The average molecular weight is 574 g/mol. The van der Waals surface area contributed by atoms with Crippen molar-refractivity contribution < 1.29 is 9.13 Å². The van der Waals surface area contributed by atoms with Crippen LogP contribution in [0.3, 0.4) is 0 Å². The Labute approximate surface area is 251 Å². The lowest BCUT2D eigenvalue weighted by molar-refractivity contribution is 0.0716. The second-order valence-corrected chi connectivity index (χ2v) is 13.9. The van der Waals surface area contributed by atoms with Gasteiger partial charge in [0.1, 0.15) is 18.1 Å². The normalized spacial score (nSPS) is 24.4. The van der Waals surface area contributed by atoms with Crippen molar-refractivity contribution in [2.75, 3.05) is 32.8 Å². The lowest BCUT2D eigenvalue weighted by Gasteiger charge is -2.36. The Bertz CT molecular complexity index is 1340. The molecule has 2 atom stereocenters. The van der Waals surface area contributed by atoms with Gasteiger partial charge in [-0.25, -0.2) is 4.39 Å². The van der Waals surface area contributed by atoms with Crippen LogP contribution in [-0.2, 0) is 10.2 Å². The third-order valence-electron chi connectivity index (χ3n) is 9.91. The van der Waals surface area contributed by atoms with Crippen LogP contribution in [0.4, 0.5) is 4.39 Å². The van der Waals surface area contributed by atoms with Crippen molar-refractivity contribution >= 4 is 5.84 Å². The zero-order valence-corrected chi connectivity index (χ0v) is 26.2. The fraction of sp³-hybridized carbons (Fsp3) is 0.600. The highest BCUT2D eigenvalue weighted by molar-refractivity contribution is 6.01. The highest BCUT2D eigenvalue weighted by atomic mass is 19.1. The van der Waals surface area contributed by atoms with Gasteiger partial charge in [-0.3, -0.25) is 9.88 Å². The lowest BCUT2D eigenvalue weighted by Crippen LogP contribution is -2.53. The van der Waals surface area contributed by atoms with Crippen molar-refractivity contribution in [1.29, 1.82) is 0 Å². The molecule has 0 amide bonds. The number of amidine groups is 1. The molecule has 2 unspecified atom stereocenters. The largest absolute Gasteiger partial charge is 0.476 e. The number of aromatic nitrogens is 1. The first-order valence-corrected chi connectivity index (χ1v) is 16.1. The number of aliphatic imine (C=N–C) groups is 1. The maximum Gasteiger partial charge on any atom is 0.211 e. The van der Waals surface area contributed by atoms with Crippen molar-refractivity contribution in [3.63, 3.8) is 0 Å². The number of pyridine rings is 1. The average Bonchev–Trinajstić information content (AvgIpc) is 3.65. The minimum absolute atomic E-state index is 0.130. The fourth-order valence-electron chi connectivity index (χ4n) is 7.69. The number of nitrogens with zero attached hydrogens (tertiary/aromatic N) is 4. The number of rotatable bonds is 7. The lowest BCUT2D eigenvalue weighted by atomic mass is 9.82. The Kier molecular flexibility index (Phi) is 8.18. The molecule has 0 aliphatic carbocycles. The second kappa shape index (κ2) is 11.7. The molecule has 5 heterocycles. The summed E-state index contributed by atoms with van der Waals surface area (Å²) < 4.78 is 23.0. The summed E-state index contributed by atoms with van der Waals surface area (Å²) in [6.07, 6.45) is 11.9. The number of nitrogens with one attached hydrogen (secondary N) is 1. The van der Waals surface area contributed by atoms with Crippen LogP contribution in [0.2, 0.25) is 0 Å². The molecular formula is C35H48FN5O. The molecule has 6 rings (SSSR count). The number of fused-ring (bicyclic) bond motifs is 3. The van der Waals surface area contributed by atoms with E-state index in [2.05, 4.69) is 55.0 Å². The third-order valence-corrected chi connectivity index (χ3v) is 9.91. The van der Waals surface area contributed by atoms with Crippen LogP contribution in [0.15, 0.2) is 47.4 Å². The van der Waals surface area contributed by atoms with Crippen molar-refractivity contribution in [3.8, 4) is 11.3 Å². The number of hydrogen-bond donors (Lipinski definition) is 1. The number of ether oxygens (including phenoxy) is 1. The van der Waals surface area contributed by atoms with Crippen LogP contribution >= 0.6 is 0 Å². The van der Waals surface area contributed by atoms with Gasteiger partial charge in [-0.2, -0.15) is 4.99 Å². The predicted molar refractivity (Wildman–Crippen MR) is 168 cm³/mol. The topological polar surface area (TPSA) is 53.0 Å². The summed E-state index contributed by atoms with van der Waals surface area (Å²) in [5, 5.41) is 3.73. The molecule has 42 heavy (non-hydrogen) atoms. The molecule has 4 fully saturated rings. The predicted octanol–water partition coefficient (Wildman–Crippen LogP) is 6.57. The van der Waals surface area contributed by atoms with Crippen LogP contribution in [0, 0.1) is 12.7 Å². The molecule has 1 N–H and O–H groups in total. The van der Waals surface area contributed by atoms with Crippen molar-refractivity contribution in [1.82, 2.24) is 20.1 Å². The molecule has 1 aromatic carbocycles. The highest BCUT2D eigenvalue weighted by Gasteiger charge is 2.45. The summed E-state index contributed by atoms with van der Waals surface area (Å²) in [7, 11) is 0. The minimum atomic E-state index is -0.275. The maximum absolute atomic E-state index is 16.4. The molecule has 4 saturated heterocycles. The Balaban J connectivity index is 1.38. The van der Waals surface area contributed by atoms with Crippen LogP contribution in [-0.4, -0.2) is 71.0 Å². The molecule has 1 aromatic heterocycles. The van der Waals surface area contributed by atoms with Gasteiger partial charge in [-0.1, -0.05) is 52.0 Å². The van der Waals surface area contributed by atoms with E-state index in [1.54, 1.807) is 0 Å². The minimum Gasteiger partial charge on any atom is -0.476 e. The Hall–Kier alpha value is -2.77. The first-order chi connectivity index (χ1) is 20.2. The van der Waals surface area contributed by atoms with Gasteiger partial charge in [0.25, 0.3) is 0 Å². The molecule has 4 aliphatic rings. The maximum atomic E-state index is 16.4. The number of benzene rings is 1. The van der Waals surface area contributed by atoms with E-state index in [0.717, 1.165) is 54.9 Å². The van der Waals surface area contributed by atoms with Gasteiger partial charge in [0, 0.05) is 42.5 Å². The van der Waals surface area contributed by atoms with E-state index < -0.39 is 0 Å². The molecular weight excluding hydrogens is 525 g/mol. The molecule has 226 valence electrons. The summed E-state index contributed by atoms with van der Waals surface area (Å²) in [5.74, 6) is 1.15. The van der Waals surface area contributed by atoms with Gasteiger partial charge in [-0.15, -0.1) is 0 Å². The number of piperazine rings is 1. The van der Waals surface area contributed by atoms with E-state index in [4.69, 9.17) is 14.7 Å². The van der Waals surface area contributed by atoms with Crippen molar-refractivity contribution in [2.45, 2.75) is 103 Å². The zero-order valence-electron chi connectivity index (χ0n) is 26.2. The second-order valence-electron chi connectivity index (χ2n) is 13.9. The van der Waals surface area contributed by atoms with E-state index in [1.807, 2.05) is 31.3 Å². The zero-order chi connectivity index (χ0) is 29.5. The molecule has 0 saturated carbocycles. The highest BCUT2D eigenvalue weighted by Crippen LogP contribution is 2.40. The summed E-state index contributed by atoms with van der Waals surface area (Å²) >= 11 is 0. The first kappa shape index (κ1) is 29.3. The van der Waals surface area contributed by atoms with Gasteiger partial charge >= 0.3 is 0 Å². The van der Waals surface area contributed by atoms with Gasteiger partial charge < -0.3 is 15.0 Å². The number of allylic oxidation sites excluding steroid dienone is 1. The SMILES string of the molecule is CC/C=C(/N=C(\c1cnc(-c2ccccc2C(C)(C)C)c(F)c1C)N1CC2CCC(C1)N2)OCC12CCCN1CCC2.